The summed E-state index contributed by atoms with van der Waals surface area (Å²) in [5.74, 6) is 1.45. The number of anilines is 1. The molecule has 2 nitrogen and oxygen atoms in total. The maximum absolute atomic E-state index is 13.3. The zero-order chi connectivity index (χ0) is 12.5. The summed E-state index contributed by atoms with van der Waals surface area (Å²) in [7, 11) is 0. The van der Waals surface area contributed by atoms with Gasteiger partial charge in [0.1, 0.15) is 5.82 Å². The Bertz CT molecular complexity index is 492. The maximum atomic E-state index is 13.3. The molecule has 18 heavy (non-hydrogen) atoms. The van der Waals surface area contributed by atoms with E-state index in [0.29, 0.717) is 11.7 Å². The molecular formula is C13H14ClFN2S. The van der Waals surface area contributed by atoms with Crippen LogP contribution < -0.4 is 5.32 Å². The predicted molar refractivity (Wildman–Crippen MR) is 76.1 cm³/mol. The van der Waals surface area contributed by atoms with Crippen molar-refractivity contribution in [3.05, 3.63) is 29.0 Å². The van der Waals surface area contributed by atoms with Crippen LogP contribution in [0, 0.1) is 11.7 Å². The molecule has 1 aromatic rings. The monoisotopic (exact) mass is 284 g/mol. The van der Waals surface area contributed by atoms with Crippen LogP contribution in [0.15, 0.2) is 23.2 Å². The molecule has 1 fully saturated rings. The van der Waals surface area contributed by atoms with Gasteiger partial charge in [-0.1, -0.05) is 29.8 Å². The highest BCUT2D eigenvalue weighted by atomic mass is 35.5. The first kappa shape index (κ1) is 12.3. The highest BCUT2D eigenvalue weighted by Crippen LogP contribution is 2.35. The Morgan fingerprint density at radius 1 is 1.39 bits per heavy atom. The third kappa shape index (κ3) is 2.50. The first-order chi connectivity index (χ1) is 8.72. The Morgan fingerprint density at radius 3 is 3.11 bits per heavy atom. The van der Waals surface area contributed by atoms with Gasteiger partial charge in [-0.15, -0.1) is 0 Å². The number of amidine groups is 1. The van der Waals surface area contributed by atoms with E-state index in [-0.39, 0.29) is 5.02 Å². The minimum atomic E-state index is -0.401. The number of thioether (sulfide) groups is 1. The average molecular weight is 285 g/mol. The van der Waals surface area contributed by atoms with Gasteiger partial charge in [0.25, 0.3) is 0 Å². The van der Waals surface area contributed by atoms with E-state index in [2.05, 4.69) is 5.32 Å². The van der Waals surface area contributed by atoms with Crippen molar-refractivity contribution in [1.29, 1.82) is 0 Å². The molecule has 2 unspecified atom stereocenters. The molecule has 0 saturated heterocycles. The lowest BCUT2D eigenvalue weighted by molar-refractivity contribution is 0.535. The van der Waals surface area contributed by atoms with Crippen LogP contribution in [0.5, 0.6) is 0 Å². The maximum Gasteiger partial charge on any atom is 0.161 e. The van der Waals surface area contributed by atoms with Gasteiger partial charge in [-0.25, -0.2) is 4.39 Å². The van der Waals surface area contributed by atoms with Gasteiger partial charge in [0.2, 0.25) is 0 Å². The molecule has 0 bridgehead atoms. The van der Waals surface area contributed by atoms with Crippen LogP contribution in [-0.2, 0) is 0 Å². The molecule has 1 aliphatic carbocycles. The van der Waals surface area contributed by atoms with Crippen molar-refractivity contribution >= 4 is 34.2 Å². The summed E-state index contributed by atoms with van der Waals surface area (Å²) >= 11 is 7.39. The van der Waals surface area contributed by atoms with E-state index >= 15 is 0 Å². The standard InChI is InChI=1S/C13H14ClFN2S/c14-10-5-4-9(6-11(10)15)16-13-17-12-3-1-2-8(12)7-18-13/h4-6,8,12H,1-3,7H2,(H,16,17). The average Bonchev–Trinajstić information content (AvgIpc) is 2.81. The van der Waals surface area contributed by atoms with Gasteiger partial charge in [0.05, 0.1) is 11.1 Å². The van der Waals surface area contributed by atoms with Crippen LogP contribution in [0.25, 0.3) is 0 Å². The van der Waals surface area contributed by atoms with E-state index in [0.717, 1.165) is 16.8 Å². The van der Waals surface area contributed by atoms with Gasteiger partial charge in [0, 0.05) is 11.4 Å². The van der Waals surface area contributed by atoms with Gasteiger partial charge in [0.15, 0.2) is 5.17 Å². The second-order valence-electron chi connectivity index (χ2n) is 4.76. The lowest BCUT2D eigenvalue weighted by Gasteiger charge is -2.23. The zero-order valence-electron chi connectivity index (χ0n) is 9.83. The number of hydrogen-bond donors (Lipinski definition) is 1. The molecule has 2 atom stereocenters. The van der Waals surface area contributed by atoms with Crippen LogP contribution in [0.3, 0.4) is 0 Å². The number of halogens is 2. The molecule has 0 radical (unpaired) electrons. The van der Waals surface area contributed by atoms with Gasteiger partial charge in [-0.05, 0) is 37.0 Å². The van der Waals surface area contributed by atoms with Gasteiger partial charge in [-0.3, -0.25) is 4.99 Å². The lowest BCUT2D eigenvalue weighted by atomic mass is 10.1. The molecule has 0 spiro atoms. The molecule has 1 aromatic carbocycles. The summed E-state index contributed by atoms with van der Waals surface area (Å²) in [6.45, 7) is 0. The second kappa shape index (κ2) is 5.10. The van der Waals surface area contributed by atoms with Gasteiger partial charge < -0.3 is 5.32 Å². The first-order valence-electron chi connectivity index (χ1n) is 6.15. The van der Waals surface area contributed by atoms with E-state index in [4.69, 9.17) is 16.6 Å². The lowest BCUT2D eigenvalue weighted by Crippen LogP contribution is -2.25. The fourth-order valence-electron chi connectivity index (χ4n) is 2.52. The van der Waals surface area contributed by atoms with E-state index in [9.17, 15) is 4.39 Å². The first-order valence-corrected chi connectivity index (χ1v) is 7.51. The Kier molecular flexibility index (Phi) is 3.48. The topological polar surface area (TPSA) is 24.4 Å². The molecule has 1 heterocycles. The number of fused-ring (bicyclic) bond motifs is 1. The summed E-state index contributed by atoms with van der Waals surface area (Å²) in [5.41, 5.74) is 0.708. The van der Waals surface area contributed by atoms with Crippen molar-refractivity contribution in [2.75, 3.05) is 11.1 Å². The zero-order valence-corrected chi connectivity index (χ0v) is 11.4. The molecule has 1 aliphatic heterocycles. The number of hydrogen-bond acceptors (Lipinski definition) is 3. The number of nitrogens with one attached hydrogen (secondary N) is 1. The fraction of sp³-hybridized carbons (Fsp3) is 0.462. The summed E-state index contributed by atoms with van der Waals surface area (Å²) in [5, 5.41) is 4.23. The van der Waals surface area contributed by atoms with Gasteiger partial charge >= 0.3 is 0 Å². The number of benzene rings is 1. The Balaban J connectivity index is 1.74. The van der Waals surface area contributed by atoms with E-state index < -0.39 is 5.82 Å². The highest BCUT2D eigenvalue weighted by molar-refractivity contribution is 8.14. The van der Waals surface area contributed by atoms with Crippen molar-refractivity contribution in [2.45, 2.75) is 25.3 Å². The van der Waals surface area contributed by atoms with Crippen molar-refractivity contribution < 1.29 is 4.39 Å². The number of rotatable bonds is 1. The smallest absolute Gasteiger partial charge is 0.161 e. The van der Waals surface area contributed by atoms with Crippen LogP contribution in [0.4, 0.5) is 10.1 Å². The third-order valence-electron chi connectivity index (χ3n) is 3.51. The van der Waals surface area contributed by atoms with Crippen LogP contribution in [0.1, 0.15) is 19.3 Å². The predicted octanol–water partition coefficient (Wildman–Crippen LogP) is 4.16. The summed E-state index contributed by atoms with van der Waals surface area (Å²) in [6, 6.07) is 5.21. The van der Waals surface area contributed by atoms with Crippen molar-refractivity contribution in [3.8, 4) is 0 Å². The molecule has 3 rings (SSSR count). The summed E-state index contributed by atoms with van der Waals surface area (Å²) in [4.78, 5) is 4.70. The summed E-state index contributed by atoms with van der Waals surface area (Å²) < 4.78 is 13.3. The molecule has 5 heteroatoms. The fourth-order valence-corrected chi connectivity index (χ4v) is 3.80. The number of aliphatic imine (C=N–C) groups is 1. The number of nitrogens with zero attached hydrogens (tertiary/aromatic N) is 1. The Labute approximate surface area is 115 Å². The van der Waals surface area contributed by atoms with Crippen molar-refractivity contribution in [3.63, 3.8) is 0 Å². The SMILES string of the molecule is Fc1cc(NC2=NC3CCCC3CS2)ccc1Cl. The highest BCUT2D eigenvalue weighted by Gasteiger charge is 2.30. The molecule has 0 aromatic heterocycles. The largest absolute Gasteiger partial charge is 0.335 e. The summed E-state index contributed by atoms with van der Waals surface area (Å²) in [6.07, 6.45) is 3.76. The quantitative estimate of drug-likeness (QED) is 0.837. The molecule has 1 N–H and O–H groups in total. The van der Waals surface area contributed by atoms with Crippen LogP contribution >= 0.6 is 23.4 Å². The van der Waals surface area contributed by atoms with Crippen LogP contribution in [0.2, 0.25) is 5.02 Å². The molecular weight excluding hydrogens is 271 g/mol. The third-order valence-corrected chi connectivity index (χ3v) is 4.89. The van der Waals surface area contributed by atoms with Crippen molar-refractivity contribution in [2.24, 2.45) is 10.9 Å². The Hall–Kier alpha value is -0.740. The van der Waals surface area contributed by atoms with E-state index in [1.807, 2.05) is 0 Å². The van der Waals surface area contributed by atoms with Gasteiger partial charge in [-0.2, -0.15) is 0 Å². The van der Waals surface area contributed by atoms with E-state index in [1.165, 1.54) is 25.3 Å². The second-order valence-corrected chi connectivity index (χ2v) is 6.17. The van der Waals surface area contributed by atoms with Crippen LogP contribution in [-0.4, -0.2) is 17.0 Å². The Morgan fingerprint density at radius 2 is 2.28 bits per heavy atom. The normalized spacial score (nSPS) is 26.7. The minimum absolute atomic E-state index is 0.148. The van der Waals surface area contributed by atoms with E-state index in [1.54, 1.807) is 23.9 Å². The molecule has 0 amide bonds. The van der Waals surface area contributed by atoms with Crippen molar-refractivity contribution in [1.82, 2.24) is 0 Å². The molecule has 96 valence electrons. The molecule has 2 aliphatic rings. The molecule has 1 saturated carbocycles. The minimum Gasteiger partial charge on any atom is -0.335 e.